The van der Waals surface area contributed by atoms with Crippen molar-refractivity contribution in [3.05, 3.63) is 54.1 Å². The van der Waals surface area contributed by atoms with Crippen LogP contribution in [0.4, 0.5) is 17.1 Å². The minimum absolute atomic E-state index is 0.196. The largest absolute Gasteiger partial charge is 0.385 e. The number of benzene rings is 2. The summed E-state index contributed by atoms with van der Waals surface area (Å²) in [4.78, 5) is 19.3. The number of likely N-dealkylation sites (N-methyl/N-ethyl adjacent to an activating group) is 1. The zero-order valence-corrected chi connectivity index (χ0v) is 16.0. The molecule has 2 aromatic carbocycles. The van der Waals surface area contributed by atoms with E-state index in [4.69, 9.17) is 0 Å². The van der Waals surface area contributed by atoms with Crippen molar-refractivity contribution in [1.29, 1.82) is 0 Å². The van der Waals surface area contributed by atoms with Crippen LogP contribution in [0.1, 0.15) is 12.0 Å². The molecule has 5 heteroatoms. The number of para-hydroxylation sites is 1. The maximum absolute atomic E-state index is 12.6. The van der Waals surface area contributed by atoms with Gasteiger partial charge in [0, 0.05) is 62.8 Å². The molecule has 27 heavy (non-hydrogen) atoms. The lowest BCUT2D eigenvalue weighted by Crippen LogP contribution is -2.44. The van der Waals surface area contributed by atoms with E-state index in [9.17, 15) is 4.79 Å². The third kappa shape index (κ3) is 4.08. The van der Waals surface area contributed by atoms with Crippen LogP contribution in [0.15, 0.2) is 48.5 Å². The maximum Gasteiger partial charge on any atom is 0.228 e. The lowest BCUT2D eigenvalue weighted by atomic mass is 10.2. The first-order valence-corrected chi connectivity index (χ1v) is 9.86. The van der Waals surface area contributed by atoms with Crippen molar-refractivity contribution >= 4 is 23.0 Å². The summed E-state index contributed by atoms with van der Waals surface area (Å²) in [6.07, 6.45) is 1.47. The van der Waals surface area contributed by atoms with Gasteiger partial charge in [-0.15, -0.1) is 0 Å². The van der Waals surface area contributed by atoms with E-state index in [0.29, 0.717) is 13.0 Å². The Hall–Kier alpha value is -2.53. The van der Waals surface area contributed by atoms with Gasteiger partial charge in [0.25, 0.3) is 0 Å². The fraction of sp³-hybridized carbons (Fsp3) is 0.409. The Morgan fingerprint density at radius 2 is 1.70 bits per heavy atom. The van der Waals surface area contributed by atoms with Crippen LogP contribution < -0.4 is 15.1 Å². The zero-order valence-electron chi connectivity index (χ0n) is 16.0. The Bertz CT molecular complexity index is 781. The fourth-order valence-corrected chi connectivity index (χ4v) is 3.90. The van der Waals surface area contributed by atoms with Crippen LogP contribution >= 0.6 is 0 Å². The van der Waals surface area contributed by atoms with Crippen molar-refractivity contribution in [1.82, 2.24) is 4.90 Å². The third-order valence-corrected chi connectivity index (χ3v) is 5.59. The van der Waals surface area contributed by atoms with Gasteiger partial charge in [0.1, 0.15) is 0 Å². The van der Waals surface area contributed by atoms with Crippen LogP contribution in [0, 0.1) is 0 Å². The second-order valence-electron chi connectivity index (χ2n) is 7.44. The summed E-state index contributed by atoms with van der Waals surface area (Å²) in [5, 5.41) is 3.39. The Labute approximate surface area is 161 Å². The molecule has 5 nitrogen and oxygen atoms in total. The number of piperazine rings is 1. The summed E-state index contributed by atoms with van der Waals surface area (Å²) < 4.78 is 0. The molecule has 0 atom stereocenters. The average Bonchev–Trinajstić information content (AvgIpc) is 3.13. The molecule has 1 fully saturated rings. The Morgan fingerprint density at radius 3 is 2.48 bits per heavy atom. The maximum atomic E-state index is 12.6. The molecule has 2 aromatic rings. The highest BCUT2D eigenvalue weighted by Gasteiger charge is 2.23. The molecule has 0 unspecified atom stereocenters. The van der Waals surface area contributed by atoms with Crippen LogP contribution in [0.5, 0.6) is 0 Å². The van der Waals surface area contributed by atoms with Crippen LogP contribution in [0.25, 0.3) is 0 Å². The van der Waals surface area contributed by atoms with Gasteiger partial charge in [-0.2, -0.15) is 0 Å². The summed E-state index contributed by atoms with van der Waals surface area (Å²) >= 11 is 0. The van der Waals surface area contributed by atoms with Crippen molar-refractivity contribution in [3.63, 3.8) is 0 Å². The first-order valence-electron chi connectivity index (χ1n) is 9.86. The number of carbonyl (C=O) groups excluding carboxylic acids is 1. The molecule has 0 aromatic heterocycles. The molecule has 142 valence electrons. The average molecular weight is 364 g/mol. The fourth-order valence-electron chi connectivity index (χ4n) is 3.90. The van der Waals surface area contributed by atoms with Gasteiger partial charge in [-0.1, -0.05) is 18.2 Å². The Balaban J connectivity index is 1.26. The lowest BCUT2D eigenvalue weighted by molar-refractivity contribution is -0.118. The Kier molecular flexibility index (Phi) is 5.30. The van der Waals surface area contributed by atoms with Gasteiger partial charge in [-0.05, 0) is 49.4 Å². The molecule has 1 saturated heterocycles. The first kappa shape index (κ1) is 17.9. The van der Waals surface area contributed by atoms with E-state index in [2.05, 4.69) is 52.5 Å². The normalized spacial score (nSPS) is 17.1. The molecule has 2 aliphatic rings. The molecule has 0 saturated carbocycles. The van der Waals surface area contributed by atoms with E-state index >= 15 is 0 Å². The topological polar surface area (TPSA) is 38.8 Å². The van der Waals surface area contributed by atoms with Crippen molar-refractivity contribution in [2.45, 2.75) is 12.8 Å². The van der Waals surface area contributed by atoms with Gasteiger partial charge in [0.2, 0.25) is 5.91 Å². The number of fused-ring (bicyclic) bond motifs is 1. The predicted octanol–water partition coefficient (Wildman–Crippen LogP) is 2.83. The van der Waals surface area contributed by atoms with Gasteiger partial charge in [-0.25, -0.2) is 0 Å². The number of rotatable bonds is 5. The minimum atomic E-state index is 0.196. The summed E-state index contributed by atoms with van der Waals surface area (Å²) in [5.74, 6) is 0.196. The van der Waals surface area contributed by atoms with Crippen molar-refractivity contribution < 1.29 is 4.79 Å². The number of nitrogens with one attached hydrogen (secondary N) is 1. The molecule has 1 amide bonds. The van der Waals surface area contributed by atoms with Gasteiger partial charge < -0.3 is 20.0 Å². The summed E-state index contributed by atoms with van der Waals surface area (Å²) in [5.41, 5.74) is 4.71. The smallest absolute Gasteiger partial charge is 0.228 e. The van der Waals surface area contributed by atoms with E-state index in [1.165, 1.54) is 11.3 Å². The minimum Gasteiger partial charge on any atom is -0.385 e. The predicted molar refractivity (Wildman–Crippen MR) is 112 cm³/mol. The van der Waals surface area contributed by atoms with Gasteiger partial charge >= 0.3 is 0 Å². The van der Waals surface area contributed by atoms with Crippen LogP contribution in [-0.4, -0.2) is 57.1 Å². The number of nitrogens with zero attached hydrogens (tertiary/aromatic N) is 3. The molecule has 0 radical (unpaired) electrons. The van der Waals surface area contributed by atoms with Crippen LogP contribution in [0.2, 0.25) is 0 Å². The molecule has 0 spiro atoms. The van der Waals surface area contributed by atoms with Crippen LogP contribution in [-0.2, 0) is 11.2 Å². The summed E-state index contributed by atoms with van der Waals surface area (Å²) in [6.45, 7) is 5.84. The quantitative estimate of drug-likeness (QED) is 0.886. The van der Waals surface area contributed by atoms with Crippen molar-refractivity contribution in [2.75, 3.05) is 61.4 Å². The monoisotopic (exact) mass is 364 g/mol. The van der Waals surface area contributed by atoms with Crippen molar-refractivity contribution in [3.8, 4) is 0 Å². The zero-order chi connectivity index (χ0) is 18.6. The number of amides is 1. The van der Waals surface area contributed by atoms with Gasteiger partial charge in [0.05, 0.1) is 0 Å². The SMILES string of the molecule is CN1CCN(c2ccc(NCCC(=O)N3CCc4ccccc43)cc2)CC1. The molecule has 0 bridgehead atoms. The van der Waals surface area contributed by atoms with E-state index in [0.717, 1.165) is 50.5 Å². The van der Waals surface area contributed by atoms with Crippen LogP contribution in [0.3, 0.4) is 0 Å². The Morgan fingerprint density at radius 1 is 0.963 bits per heavy atom. The number of hydrogen-bond donors (Lipinski definition) is 1. The van der Waals surface area contributed by atoms with Gasteiger partial charge in [-0.3, -0.25) is 4.79 Å². The molecule has 2 heterocycles. The van der Waals surface area contributed by atoms with E-state index in [1.54, 1.807) is 0 Å². The molecule has 4 rings (SSSR count). The lowest BCUT2D eigenvalue weighted by Gasteiger charge is -2.34. The highest BCUT2D eigenvalue weighted by atomic mass is 16.2. The molecule has 1 N–H and O–H groups in total. The number of carbonyl (C=O) groups is 1. The summed E-state index contributed by atoms with van der Waals surface area (Å²) in [7, 11) is 2.17. The highest BCUT2D eigenvalue weighted by molar-refractivity contribution is 5.95. The van der Waals surface area contributed by atoms with Gasteiger partial charge in [0.15, 0.2) is 0 Å². The third-order valence-electron chi connectivity index (χ3n) is 5.59. The summed E-state index contributed by atoms with van der Waals surface area (Å²) in [6, 6.07) is 16.8. The molecule has 2 aliphatic heterocycles. The van der Waals surface area contributed by atoms with E-state index in [1.807, 2.05) is 23.1 Å². The highest BCUT2D eigenvalue weighted by Crippen LogP contribution is 2.28. The number of anilines is 3. The van der Waals surface area contributed by atoms with E-state index in [-0.39, 0.29) is 5.91 Å². The first-order chi connectivity index (χ1) is 13.2. The molecular formula is C22H28N4O. The molecular weight excluding hydrogens is 336 g/mol. The van der Waals surface area contributed by atoms with Crippen molar-refractivity contribution in [2.24, 2.45) is 0 Å². The second-order valence-corrected chi connectivity index (χ2v) is 7.44. The van der Waals surface area contributed by atoms with E-state index < -0.39 is 0 Å². The molecule has 0 aliphatic carbocycles. The second kappa shape index (κ2) is 8.01. The standard InChI is InChI=1S/C22H28N4O/c1-24-14-16-25(17-15-24)20-8-6-19(7-9-20)23-12-10-22(27)26-13-11-18-4-2-3-5-21(18)26/h2-9,23H,10-17H2,1H3. The number of hydrogen-bond acceptors (Lipinski definition) is 4.